The molecule has 2 N–H and O–H groups in total. The van der Waals surface area contributed by atoms with Crippen molar-refractivity contribution in [3.8, 4) is 0 Å². The summed E-state index contributed by atoms with van der Waals surface area (Å²) in [6, 6.07) is 14.5. The number of aromatic nitrogens is 2. The van der Waals surface area contributed by atoms with E-state index in [1.165, 1.54) is 35.7 Å². The fraction of sp³-hybridized carbons (Fsp3) is 0.381. The Labute approximate surface area is 320 Å². The van der Waals surface area contributed by atoms with Crippen LogP contribution in [-0.4, -0.2) is 93.4 Å². The van der Waals surface area contributed by atoms with Gasteiger partial charge in [-0.2, -0.15) is 0 Å². The molecule has 4 heterocycles. The largest absolute Gasteiger partial charge is 0.477 e. The highest BCUT2D eigenvalue weighted by atomic mass is 19.1. The van der Waals surface area contributed by atoms with E-state index in [0.717, 1.165) is 65.0 Å². The van der Waals surface area contributed by atoms with Crippen molar-refractivity contribution in [3.05, 3.63) is 115 Å². The quantitative estimate of drug-likeness (QED) is 0.193. The van der Waals surface area contributed by atoms with Crippen LogP contribution in [0.4, 0.5) is 20.2 Å². The third kappa shape index (κ3) is 6.81. The smallest absolute Gasteiger partial charge is 0.341 e. The van der Waals surface area contributed by atoms with E-state index >= 15 is 8.78 Å². The molecule has 12 nitrogen and oxygen atoms in total. The number of carbonyl (C=O) groups is 2. The van der Waals surface area contributed by atoms with Crippen molar-refractivity contribution in [1.82, 2.24) is 18.9 Å². The van der Waals surface area contributed by atoms with Crippen LogP contribution in [-0.2, 0) is 13.1 Å². The predicted octanol–water partition coefficient (Wildman–Crippen LogP) is 5.31. The molecular weight excluding hydrogens is 722 g/mol. The lowest BCUT2D eigenvalue weighted by atomic mass is 10.1. The molecule has 0 amide bonds. The average Bonchev–Trinajstić information content (AvgIpc) is 4.11. The first kappa shape index (κ1) is 36.1. The van der Waals surface area contributed by atoms with Crippen molar-refractivity contribution in [2.75, 3.05) is 62.2 Å². The Balaban J connectivity index is 0.828. The van der Waals surface area contributed by atoms with E-state index in [9.17, 15) is 29.4 Å². The molecule has 4 fully saturated rings. The SMILES string of the molecule is O=C(O)c1cn(C2CC2)c2cc(N3CCN(Cc4cccc(CN5CCN(c6cc7c(cc6F)c(=O)c(C(=O)O)cn7C6CC6)CC5)c4)CC3)c(F)cc2c1=O. The maximum atomic E-state index is 15.5. The second kappa shape index (κ2) is 14.2. The number of anilines is 2. The van der Waals surface area contributed by atoms with Crippen molar-refractivity contribution in [2.24, 2.45) is 0 Å². The minimum absolute atomic E-state index is 0.0949. The molecule has 0 bridgehead atoms. The first-order valence-electron chi connectivity index (χ1n) is 19.3. The van der Waals surface area contributed by atoms with Crippen molar-refractivity contribution < 1.29 is 28.6 Å². The molecule has 2 aliphatic carbocycles. The number of carboxylic acid groups (broad SMARTS) is 2. The number of hydrogen-bond acceptors (Lipinski definition) is 8. The third-order valence-corrected chi connectivity index (χ3v) is 11.8. The number of pyridine rings is 2. The van der Waals surface area contributed by atoms with Crippen LogP contribution >= 0.6 is 0 Å². The normalized spacial score (nSPS) is 18.2. The van der Waals surface area contributed by atoms with Gasteiger partial charge >= 0.3 is 11.9 Å². The van der Waals surface area contributed by atoms with Gasteiger partial charge in [0, 0.05) is 101 Å². The highest BCUT2D eigenvalue weighted by molar-refractivity contribution is 5.94. The molecule has 0 unspecified atom stereocenters. The van der Waals surface area contributed by atoms with Gasteiger partial charge in [0.25, 0.3) is 0 Å². The van der Waals surface area contributed by atoms with Crippen molar-refractivity contribution in [3.63, 3.8) is 0 Å². The van der Waals surface area contributed by atoms with Gasteiger partial charge in [0.15, 0.2) is 0 Å². The molecule has 9 rings (SSSR count). The Hall–Kier alpha value is -5.60. The summed E-state index contributed by atoms with van der Waals surface area (Å²) in [4.78, 5) is 58.0. The number of carboxylic acids is 2. The van der Waals surface area contributed by atoms with Gasteiger partial charge < -0.3 is 29.1 Å². The highest BCUT2D eigenvalue weighted by Crippen LogP contribution is 2.39. The summed E-state index contributed by atoms with van der Waals surface area (Å²) < 4.78 is 34.7. The Bertz CT molecular complexity index is 2360. The number of nitrogens with zero attached hydrogens (tertiary/aromatic N) is 6. The number of halogens is 2. The van der Waals surface area contributed by atoms with E-state index in [-0.39, 0.29) is 34.0 Å². The number of rotatable bonds is 10. The molecule has 5 aromatic rings. The van der Waals surface area contributed by atoms with E-state index in [1.54, 1.807) is 12.1 Å². The zero-order chi connectivity index (χ0) is 38.8. The minimum atomic E-state index is -1.31. The van der Waals surface area contributed by atoms with Crippen LogP contribution in [0.5, 0.6) is 0 Å². The molecule has 0 atom stereocenters. The van der Waals surface area contributed by atoms with Gasteiger partial charge in [-0.15, -0.1) is 0 Å². The highest BCUT2D eigenvalue weighted by Gasteiger charge is 2.30. The first-order valence-corrected chi connectivity index (χ1v) is 19.3. The molecule has 2 aliphatic heterocycles. The van der Waals surface area contributed by atoms with E-state index < -0.39 is 34.4 Å². The number of fused-ring (bicyclic) bond motifs is 2. The zero-order valence-corrected chi connectivity index (χ0v) is 30.8. The van der Waals surface area contributed by atoms with Gasteiger partial charge in [0.2, 0.25) is 10.9 Å². The summed E-state index contributed by atoms with van der Waals surface area (Å²) in [6.45, 7) is 6.80. The second-order valence-corrected chi connectivity index (χ2v) is 15.6. The van der Waals surface area contributed by atoms with Crippen molar-refractivity contribution >= 4 is 45.1 Å². The molecule has 2 saturated heterocycles. The molecular formula is C42H42F2N6O6. The lowest BCUT2D eigenvalue weighted by Gasteiger charge is -2.37. The molecule has 290 valence electrons. The van der Waals surface area contributed by atoms with Crippen molar-refractivity contribution in [1.29, 1.82) is 0 Å². The molecule has 0 spiro atoms. The summed E-state index contributed by atoms with van der Waals surface area (Å²) in [5.74, 6) is -3.67. The first-order chi connectivity index (χ1) is 27.0. The van der Waals surface area contributed by atoms with Gasteiger partial charge in [0.1, 0.15) is 22.8 Å². The van der Waals surface area contributed by atoms with Crippen molar-refractivity contribution in [2.45, 2.75) is 50.9 Å². The van der Waals surface area contributed by atoms with E-state index in [4.69, 9.17) is 0 Å². The number of hydrogen-bond donors (Lipinski definition) is 2. The fourth-order valence-corrected chi connectivity index (χ4v) is 8.45. The Morgan fingerprint density at radius 2 is 0.982 bits per heavy atom. The monoisotopic (exact) mass is 764 g/mol. The number of benzene rings is 3. The van der Waals surface area contributed by atoms with Crippen LogP contribution in [0, 0.1) is 11.6 Å². The van der Waals surface area contributed by atoms with Crippen LogP contribution < -0.4 is 20.7 Å². The lowest BCUT2D eigenvalue weighted by Crippen LogP contribution is -2.46. The van der Waals surface area contributed by atoms with Crippen LogP contribution in [0.1, 0.15) is 69.6 Å². The van der Waals surface area contributed by atoms with Gasteiger partial charge in [-0.25, -0.2) is 18.4 Å². The van der Waals surface area contributed by atoms with E-state index in [2.05, 4.69) is 34.1 Å². The third-order valence-electron chi connectivity index (χ3n) is 11.8. The molecule has 56 heavy (non-hydrogen) atoms. The maximum Gasteiger partial charge on any atom is 0.341 e. The average molecular weight is 765 g/mol. The lowest BCUT2D eigenvalue weighted by molar-refractivity contribution is 0.0684. The fourth-order valence-electron chi connectivity index (χ4n) is 8.45. The van der Waals surface area contributed by atoms with Gasteiger partial charge in [-0.3, -0.25) is 19.4 Å². The zero-order valence-electron chi connectivity index (χ0n) is 30.8. The Morgan fingerprint density at radius 3 is 1.34 bits per heavy atom. The predicted molar refractivity (Wildman–Crippen MR) is 208 cm³/mol. The summed E-state index contributed by atoms with van der Waals surface area (Å²) in [6.07, 6.45) is 6.37. The molecule has 4 aliphatic rings. The molecule has 3 aromatic carbocycles. The topological polar surface area (TPSA) is 132 Å². The summed E-state index contributed by atoms with van der Waals surface area (Å²) >= 11 is 0. The molecule has 2 saturated carbocycles. The van der Waals surface area contributed by atoms with E-state index in [0.29, 0.717) is 48.6 Å². The maximum absolute atomic E-state index is 15.5. The van der Waals surface area contributed by atoms with Crippen LogP contribution in [0.15, 0.2) is 70.5 Å². The van der Waals surface area contributed by atoms with Crippen LogP contribution in [0.25, 0.3) is 21.8 Å². The van der Waals surface area contributed by atoms with Gasteiger partial charge in [-0.1, -0.05) is 24.3 Å². The van der Waals surface area contributed by atoms with E-state index in [1.807, 2.05) is 18.9 Å². The Kier molecular flexibility index (Phi) is 9.12. The minimum Gasteiger partial charge on any atom is -0.477 e. The Morgan fingerprint density at radius 1 is 0.589 bits per heavy atom. The van der Waals surface area contributed by atoms with Gasteiger partial charge in [0.05, 0.1) is 22.4 Å². The second-order valence-electron chi connectivity index (χ2n) is 15.6. The van der Waals surface area contributed by atoms with Gasteiger partial charge in [-0.05, 0) is 61.1 Å². The summed E-state index contributed by atoms with van der Waals surface area (Å²) in [5.41, 5.74) is 2.34. The van der Waals surface area contributed by atoms with Crippen LogP contribution in [0.2, 0.25) is 0 Å². The standard InChI is InChI=1S/C42H42F2N6O6/c43-33-17-29-35(49(27-4-5-27)23-31(39(29)51)41(53)54)19-37(33)47-12-8-45(9-13-47)21-25-2-1-3-26(16-25)22-46-10-14-48(15-11-46)38-20-36-30(18-34(38)44)40(52)32(42(55)56)24-50(36)28-6-7-28/h1-3,16-20,23-24,27-28H,4-15,21-22H2,(H,53,54)(H,55,56). The van der Waals surface area contributed by atoms with Crippen LogP contribution in [0.3, 0.4) is 0 Å². The summed E-state index contributed by atoms with van der Waals surface area (Å²) in [5, 5.41) is 19.3. The molecule has 0 radical (unpaired) electrons. The number of aromatic carboxylic acids is 2. The number of piperazine rings is 2. The summed E-state index contributed by atoms with van der Waals surface area (Å²) in [7, 11) is 0. The molecule has 14 heteroatoms. The molecule has 2 aromatic heterocycles.